The highest BCUT2D eigenvalue weighted by atomic mass is 32.1. The van der Waals surface area contributed by atoms with Crippen LogP contribution in [0.25, 0.3) is 10.1 Å². The van der Waals surface area contributed by atoms with E-state index in [1.165, 1.54) is 23.5 Å². The van der Waals surface area contributed by atoms with Crippen LogP contribution >= 0.6 is 11.3 Å². The van der Waals surface area contributed by atoms with Crippen molar-refractivity contribution < 1.29 is 14.0 Å². The number of thiophene rings is 1. The van der Waals surface area contributed by atoms with Crippen molar-refractivity contribution in [3.63, 3.8) is 0 Å². The standard InChI is InChI=1S/C21H28FNO2S/c1-6-8-11-23(7-2)18(24)13-16-15-12-14(22)9-10-17(15)26-19(16)20(25)21(3,4)5/h9-10,12H,6-8,11,13H2,1-5H3. The number of nitrogens with zero attached hydrogens (tertiary/aromatic N) is 1. The van der Waals surface area contributed by atoms with Crippen LogP contribution in [0.1, 0.15) is 62.7 Å². The van der Waals surface area contributed by atoms with E-state index in [-0.39, 0.29) is 23.9 Å². The molecule has 0 N–H and O–H groups in total. The maximum absolute atomic E-state index is 13.8. The Morgan fingerprint density at radius 2 is 1.88 bits per heavy atom. The zero-order valence-electron chi connectivity index (χ0n) is 16.3. The molecule has 0 spiro atoms. The van der Waals surface area contributed by atoms with E-state index in [9.17, 15) is 14.0 Å². The molecule has 142 valence electrons. The number of carbonyl (C=O) groups is 2. The van der Waals surface area contributed by atoms with Gasteiger partial charge >= 0.3 is 0 Å². The monoisotopic (exact) mass is 377 g/mol. The average molecular weight is 378 g/mol. The summed E-state index contributed by atoms with van der Waals surface area (Å²) < 4.78 is 14.7. The van der Waals surface area contributed by atoms with Crippen molar-refractivity contribution in [2.45, 2.75) is 53.9 Å². The average Bonchev–Trinajstić information content (AvgIpc) is 2.91. The molecular weight excluding hydrogens is 349 g/mol. The predicted octanol–water partition coefficient (Wildman–Crippen LogP) is 5.46. The number of unbranched alkanes of at least 4 members (excludes halogenated alkanes) is 1. The van der Waals surface area contributed by atoms with Gasteiger partial charge in [-0.05, 0) is 42.5 Å². The lowest BCUT2D eigenvalue weighted by Gasteiger charge is -2.21. The van der Waals surface area contributed by atoms with Gasteiger partial charge in [0.25, 0.3) is 0 Å². The highest BCUT2D eigenvalue weighted by Crippen LogP contribution is 2.36. The molecule has 2 aromatic rings. The molecule has 0 aliphatic rings. The number of benzene rings is 1. The van der Waals surface area contributed by atoms with Gasteiger partial charge in [-0.15, -0.1) is 11.3 Å². The lowest BCUT2D eigenvalue weighted by Crippen LogP contribution is -2.33. The Balaban J connectivity index is 2.47. The molecule has 0 bridgehead atoms. The van der Waals surface area contributed by atoms with E-state index in [2.05, 4.69) is 6.92 Å². The molecule has 5 heteroatoms. The van der Waals surface area contributed by atoms with E-state index in [1.54, 1.807) is 6.07 Å². The molecule has 0 unspecified atom stereocenters. The fourth-order valence-corrected chi connectivity index (χ4v) is 4.24. The fourth-order valence-electron chi connectivity index (χ4n) is 2.89. The van der Waals surface area contributed by atoms with Gasteiger partial charge in [-0.1, -0.05) is 34.1 Å². The second kappa shape index (κ2) is 8.30. The summed E-state index contributed by atoms with van der Waals surface area (Å²) in [6.45, 7) is 11.0. The van der Waals surface area contributed by atoms with Gasteiger partial charge < -0.3 is 4.90 Å². The minimum Gasteiger partial charge on any atom is -0.343 e. The Kier molecular flexibility index (Phi) is 6.56. The van der Waals surface area contributed by atoms with Crippen LogP contribution in [-0.2, 0) is 11.2 Å². The molecule has 0 fully saturated rings. The third kappa shape index (κ3) is 4.50. The number of hydrogen-bond acceptors (Lipinski definition) is 3. The number of Topliss-reactive ketones (excluding diaryl/α,β-unsaturated/α-hetero) is 1. The molecule has 0 aliphatic carbocycles. The number of ketones is 1. The quantitative estimate of drug-likeness (QED) is 0.601. The van der Waals surface area contributed by atoms with E-state index in [0.717, 1.165) is 17.5 Å². The van der Waals surface area contributed by atoms with Crippen LogP contribution in [0.2, 0.25) is 0 Å². The summed E-state index contributed by atoms with van der Waals surface area (Å²) in [5.41, 5.74) is 0.119. The third-order valence-corrected chi connectivity index (χ3v) is 5.70. The second-order valence-electron chi connectivity index (χ2n) is 7.63. The molecule has 26 heavy (non-hydrogen) atoms. The van der Waals surface area contributed by atoms with E-state index >= 15 is 0 Å². The van der Waals surface area contributed by atoms with Gasteiger partial charge in [-0.2, -0.15) is 0 Å². The Morgan fingerprint density at radius 3 is 2.46 bits per heavy atom. The molecule has 1 heterocycles. The van der Waals surface area contributed by atoms with E-state index < -0.39 is 5.41 Å². The lowest BCUT2D eigenvalue weighted by molar-refractivity contribution is -0.130. The van der Waals surface area contributed by atoms with Gasteiger partial charge in [-0.25, -0.2) is 4.39 Å². The van der Waals surface area contributed by atoms with Crippen molar-refractivity contribution in [2.75, 3.05) is 13.1 Å². The normalized spacial score (nSPS) is 11.8. The first-order chi connectivity index (χ1) is 12.2. The Hall–Kier alpha value is -1.75. The number of amides is 1. The summed E-state index contributed by atoms with van der Waals surface area (Å²) in [6.07, 6.45) is 2.11. The van der Waals surface area contributed by atoms with Crippen molar-refractivity contribution in [3.05, 3.63) is 34.5 Å². The highest BCUT2D eigenvalue weighted by Gasteiger charge is 2.29. The number of likely N-dealkylation sites (N-methyl/N-ethyl adjacent to an activating group) is 1. The Labute approximate surface area is 159 Å². The molecule has 0 saturated carbocycles. The van der Waals surface area contributed by atoms with Crippen LogP contribution in [0, 0.1) is 11.2 Å². The first-order valence-electron chi connectivity index (χ1n) is 9.22. The lowest BCUT2D eigenvalue weighted by atomic mass is 9.88. The van der Waals surface area contributed by atoms with Crippen molar-refractivity contribution in [1.29, 1.82) is 0 Å². The minimum absolute atomic E-state index is 0.00138. The molecule has 1 amide bonds. The fraction of sp³-hybridized carbons (Fsp3) is 0.524. The van der Waals surface area contributed by atoms with Crippen LogP contribution in [0.3, 0.4) is 0 Å². The second-order valence-corrected chi connectivity index (χ2v) is 8.69. The molecule has 1 aromatic heterocycles. The number of halogens is 1. The number of carbonyl (C=O) groups excluding carboxylic acids is 2. The first-order valence-corrected chi connectivity index (χ1v) is 10.0. The van der Waals surface area contributed by atoms with E-state index in [1.807, 2.05) is 32.6 Å². The number of rotatable bonds is 7. The largest absolute Gasteiger partial charge is 0.343 e. The Bertz CT molecular complexity index is 804. The zero-order valence-corrected chi connectivity index (χ0v) is 17.1. The molecule has 0 radical (unpaired) electrons. The first kappa shape index (κ1) is 20.6. The van der Waals surface area contributed by atoms with Crippen molar-refractivity contribution in [3.8, 4) is 0 Å². The summed E-state index contributed by atoms with van der Waals surface area (Å²) in [4.78, 5) is 28.2. The van der Waals surface area contributed by atoms with Gasteiger partial charge in [0.2, 0.25) is 5.91 Å². The number of hydrogen-bond donors (Lipinski definition) is 0. The molecular formula is C21H28FNO2S. The molecule has 1 aromatic carbocycles. The summed E-state index contributed by atoms with van der Waals surface area (Å²) in [6, 6.07) is 4.53. The van der Waals surface area contributed by atoms with Crippen LogP contribution in [0.15, 0.2) is 18.2 Å². The SMILES string of the molecule is CCCCN(CC)C(=O)Cc1c(C(=O)C(C)(C)C)sc2ccc(F)cc12. The van der Waals surface area contributed by atoms with Gasteiger partial charge in [0.15, 0.2) is 5.78 Å². The summed E-state index contributed by atoms with van der Waals surface area (Å²) in [7, 11) is 0. The van der Waals surface area contributed by atoms with Crippen LogP contribution < -0.4 is 0 Å². The highest BCUT2D eigenvalue weighted by molar-refractivity contribution is 7.21. The topological polar surface area (TPSA) is 37.4 Å². The minimum atomic E-state index is -0.552. The van der Waals surface area contributed by atoms with Gasteiger partial charge in [0.1, 0.15) is 5.82 Å². The third-order valence-electron chi connectivity index (χ3n) is 4.48. The van der Waals surface area contributed by atoms with Crippen molar-refractivity contribution >= 4 is 33.1 Å². The van der Waals surface area contributed by atoms with Crippen molar-refractivity contribution in [1.82, 2.24) is 4.90 Å². The number of fused-ring (bicyclic) bond motifs is 1. The van der Waals surface area contributed by atoms with E-state index in [4.69, 9.17) is 0 Å². The van der Waals surface area contributed by atoms with Gasteiger partial charge in [0.05, 0.1) is 11.3 Å². The molecule has 0 saturated heterocycles. The van der Waals surface area contributed by atoms with Crippen molar-refractivity contribution in [2.24, 2.45) is 5.41 Å². The molecule has 3 nitrogen and oxygen atoms in total. The molecule has 0 aliphatic heterocycles. The van der Waals surface area contributed by atoms with Crippen LogP contribution in [0.4, 0.5) is 4.39 Å². The Morgan fingerprint density at radius 1 is 1.19 bits per heavy atom. The predicted molar refractivity (Wildman–Crippen MR) is 106 cm³/mol. The smallest absolute Gasteiger partial charge is 0.227 e. The molecule has 0 atom stereocenters. The maximum atomic E-state index is 13.8. The van der Waals surface area contributed by atoms with E-state index in [0.29, 0.717) is 28.9 Å². The van der Waals surface area contributed by atoms with Gasteiger partial charge in [0, 0.05) is 23.2 Å². The summed E-state index contributed by atoms with van der Waals surface area (Å²) in [5, 5.41) is 0.683. The summed E-state index contributed by atoms with van der Waals surface area (Å²) in [5.74, 6) is -0.358. The maximum Gasteiger partial charge on any atom is 0.227 e. The van der Waals surface area contributed by atoms with Crippen LogP contribution in [-0.4, -0.2) is 29.7 Å². The summed E-state index contributed by atoms with van der Waals surface area (Å²) >= 11 is 1.36. The van der Waals surface area contributed by atoms with Gasteiger partial charge in [-0.3, -0.25) is 9.59 Å². The molecule has 2 rings (SSSR count). The zero-order chi connectivity index (χ0) is 19.5. The van der Waals surface area contributed by atoms with Crippen LogP contribution in [0.5, 0.6) is 0 Å².